The molecule has 0 aliphatic heterocycles. The molecule has 0 aromatic heterocycles. The van der Waals surface area contributed by atoms with Crippen molar-refractivity contribution in [3.8, 4) is 0 Å². The van der Waals surface area contributed by atoms with Gasteiger partial charge in [-0.2, -0.15) is 0 Å². The highest BCUT2D eigenvalue weighted by Crippen LogP contribution is 2.09. The molecular weight excluding hydrogens is 145 g/mol. The van der Waals surface area contributed by atoms with Crippen LogP contribution in [0.3, 0.4) is 0 Å². The first-order chi connectivity index (χ1) is 3.77. The molecule has 0 fully saturated rings. The van der Waals surface area contributed by atoms with Gasteiger partial charge in [-0.25, -0.2) is 0 Å². The van der Waals surface area contributed by atoms with Crippen LogP contribution >= 0.6 is 8.25 Å². The quantitative estimate of drug-likeness (QED) is 0.298. The van der Waals surface area contributed by atoms with Crippen molar-refractivity contribution in [2.75, 3.05) is 13.2 Å². The van der Waals surface area contributed by atoms with Gasteiger partial charge in [-0.15, -0.1) is 10.4 Å². The predicted molar refractivity (Wildman–Crippen MR) is 32.7 cm³/mol. The van der Waals surface area contributed by atoms with Crippen molar-refractivity contribution in [1.82, 2.24) is 5.48 Å². The summed E-state index contributed by atoms with van der Waals surface area (Å²) in [7, 11) is -2.58. The van der Waals surface area contributed by atoms with Crippen LogP contribution in [0.4, 0.5) is 0 Å². The van der Waals surface area contributed by atoms with Crippen molar-refractivity contribution >= 4 is 8.25 Å². The van der Waals surface area contributed by atoms with Crippen LogP contribution in [0.2, 0.25) is 0 Å². The van der Waals surface area contributed by atoms with Crippen LogP contribution in [0.25, 0.3) is 0 Å². The molecule has 0 saturated heterocycles. The molecule has 0 amide bonds. The fourth-order valence-corrected chi connectivity index (χ4v) is 0.348. The minimum Gasteiger partial charge on any atom is -0.395 e. The molecule has 0 heterocycles. The van der Waals surface area contributed by atoms with Crippen molar-refractivity contribution in [2.24, 2.45) is 0 Å². The number of hydroxylamine groups is 1. The topological polar surface area (TPSA) is 78.8 Å². The summed E-state index contributed by atoms with van der Waals surface area (Å²) in [5.74, 6) is 0. The monoisotopic (exact) mass is 156 g/mol. The summed E-state index contributed by atoms with van der Waals surface area (Å²) in [6.07, 6.45) is 0. The lowest BCUT2D eigenvalue weighted by molar-refractivity contribution is 0.155. The molecule has 0 aromatic carbocycles. The maximum atomic E-state index is 9.66. The largest absolute Gasteiger partial charge is 0.713 e. The average Bonchev–Trinajstić information content (AvgIpc) is 1.66. The first-order valence-electron chi connectivity index (χ1n) is 1.94. The zero-order valence-electron chi connectivity index (χ0n) is 4.07. The molecule has 9 heavy (non-hydrogen) atoms. The van der Waals surface area contributed by atoms with Crippen LogP contribution < -0.4 is 5.48 Å². The van der Waals surface area contributed by atoms with Gasteiger partial charge in [-0.05, 0) is 4.62 Å². The summed E-state index contributed by atoms with van der Waals surface area (Å²) in [6.45, 7) is 0.0325. The zero-order chi connectivity index (χ0) is 6.41. The van der Waals surface area contributed by atoms with Gasteiger partial charge < -0.3 is 5.11 Å². The van der Waals surface area contributed by atoms with Gasteiger partial charge in [0, 0.05) is 11.1 Å². The van der Waals surface area contributed by atoms with E-state index in [1.165, 1.54) is 0 Å². The second kappa shape index (κ2) is 7.94. The van der Waals surface area contributed by atoms with Crippen LogP contribution in [0.5, 0.6) is 0 Å². The highest BCUT2D eigenvalue weighted by atomic mass is 31.1. The zero-order valence-corrected chi connectivity index (χ0v) is 4.97. The fraction of sp³-hybridized carbons (Fsp3) is 1.00. The van der Waals surface area contributed by atoms with E-state index in [-0.39, 0.29) is 20.6 Å². The minimum atomic E-state index is -2.58. The lowest BCUT2D eigenvalue weighted by Gasteiger charge is -1.86. The van der Waals surface area contributed by atoms with E-state index < -0.39 is 8.25 Å². The van der Waals surface area contributed by atoms with E-state index in [0.29, 0.717) is 0 Å². The van der Waals surface area contributed by atoms with E-state index in [9.17, 15) is 4.57 Å². The number of rotatable bonds is 4. The molecule has 0 aliphatic rings. The van der Waals surface area contributed by atoms with Gasteiger partial charge in [0.25, 0.3) is 0 Å². The Labute approximate surface area is 54.6 Å². The van der Waals surface area contributed by atoms with Crippen LogP contribution in [0.15, 0.2) is 0 Å². The Morgan fingerprint density at radius 3 is 2.56 bits per heavy atom. The number of aliphatic hydroxyl groups excluding tert-OH is 1. The van der Waals surface area contributed by atoms with E-state index in [2.05, 4.69) is 10.1 Å². The minimum absolute atomic E-state index is 0. The normalized spacial score (nSPS) is 10.2. The van der Waals surface area contributed by atoms with Crippen molar-refractivity contribution in [1.29, 1.82) is 0 Å². The van der Waals surface area contributed by atoms with Crippen molar-refractivity contribution in [3.05, 3.63) is 0 Å². The Morgan fingerprint density at radius 2 is 2.22 bits per heavy atom. The molecule has 3 N–H and O–H groups in total. The molecule has 0 saturated carbocycles. The molecule has 6 heteroatoms. The Kier molecular flexibility index (Phi) is 10.3. The van der Waals surface area contributed by atoms with E-state index >= 15 is 0 Å². The molecule has 5 nitrogen and oxygen atoms in total. The SMILES string of the molecule is C.O=[P+](O)ONCCO. The van der Waals surface area contributed by atoms with Gasteiger partial charge >= 0.3 is 8.25 Å². The van der Waals surface area contributed by atoms with Gasteiger partial charge in [0.2, 0.25) is 0 Å². The van der Waals surface area contributed by atoms with Crippen LogP contribution in [0.1, 0.15) is 7.43 Å². The molecule has 0 aliphatic carbocycles. The van der Waals surface area contributed by atoms with Gasteiger partial charge in [0.05, 0.1) is 6.61 Å². The first-order valence-corrected chi connectivity index (χ1v) is 3.07. The molecule has 0 spiro atoms. The second-order valence-corrected chi connectivity index (χ2v) is 1.61. The summed E-state index contributed by atoms with van der Waals surface area (Å²) < 4.78 is 13.6. The molecule has 0 rings (SSSR count). The third kappa shape index (κ3) is 11.5. The molecule has 0 aromatic rings. The number of hydrogen-bond acceptors (Lipinski definition) is 4. The smallest absolute Gasteiger partial charge is 0.395 e. The molecule has 0 radical (unpaired) electrons. The lowest BCUT2D eigenvalue weighted by atomic mass is 10.8. The summed E-state index contributed by atoms with van der Waals surface area (Å²) in [4.78, 5) is 7.92. The van der Waals surface area contributed by atoms with Crippen LogP contribution in [0, 0.1) is 0 Å². The Hall–Kier alpha value is -0.0600. The van der Waals surface area contributed by atoms with Gasteiger partial charge in [-0.1, -0.05) is 7.43 Å². The van der Waals surface area contributed by atoms with E-state index in [4.69, 9.17) is 10.00 Å². The second-order valence-electron chi connectivity index (χ2n) is 0.947. The van der Waals surface area contributed by atoms with E-state index in [1.807, 2.05) is 0 Å². The molecular formula is C3H11NO4P+. The standard InChI is InChI=1S/C2H6NO4P.CH4/c4-2-1-3-7-8(5)6;/h3-4H,1-2H2;1H4/p+1. The molecule has 1 atom stereocenters. The highest BCUT2D eigenvalue weighted by Gasteiger charge is 2.09. The predicted octanol–water partition coefficient (Wildman–Crippen LogP) is -0.214. The summed E-state index contributed by atoms with van der Waals surface area (Å²) in [6, 6.07) is 0. The summed E-state index contributed by atoms with van der Waals surface area (Å²) >= 11 is 0. The number of hydrogen-bond donors (Lipinski definition) is 3. The maximum Gasteiger partial charge on any atom is 0.713 e. The fourth-order valence-electron chi connectivity index (χ4n) is 0.147. The maximum absolute atomic E-state index is 9.66. The van der Waals surface area contributed by atoms with Crippen LogP contribution in [-0.2, 0) is 9.19 Å². The van der Waals surface area contributed by atoms with Crippen LogP contribution in [-0.4, -0.2) is 23.2 Å². The van der Waals surface area contributed by atoms with Crippen molar-refractivity contribution in [2.45, 2.75) is 7.43 Å². The summed E-state index contributed by atoms with van der Waals surface area (Å²) in [5.41, 5.74) is 2.05. The summed E-state index contributed by atoms with van der Waals surface area (Å²) in [5, 5.41) is 8.06. The van der Waals surface area contributed by atoms with Gasteiger partial charge in [0.1, 0.15) is 0 Å². The third-order valence-electron chi connectivity index (χ3n) is 0.357. The van der Waals surface area contributed by atoms with Gasteiger partial charge in [-0.3, -0.25) is 0 Å². The third-order valence-corrected chi connectivity index (χ3v) is 0.642. The highest BCUT2D eigenvalue weighted by molar-refractivity contribution is 7.32. The van der Waals surface area contributed by atoms with Crippen molar-refractivity contribution < 1.29 is 19.2 Å². The molecule has 1 unspecified atom stereocenters. The Bertz CT molecular complexity index is 78.2. The average molecular weight is 156 g/mol. The van der Waals surface area contributed by atoms with E-state index in [1.54, 1.807) is 0 Å². The molecule has 0 bridgehead atoms. The molecule has 56 valence electrons. The number of aliphatic hydroxyl groups is 1. The van der Waals surface area contributed by atoms with Gasteiger partial charge in [0.15, 0.2) is 0 Å². The van der Waals surface area contributed by atoms with E-state index in [0.717, 1.165) is 0 Å². The Balaban J connectivity index is 0. The van der Waals surface area contributed by atoms with Crippen molar-refractivity contribution in [3.63, 3.8) is 0 Å². The first kappa shape index (κ1) is 11.7. The lowest BCUT2D eigenvalue weighted by Crippen LogP contribution is -2.14. The number of nitrogens with one attached hydrogen (secondary N) is 1. The Morgan fingerprint density at radius 1 is 1.67 bits per heavy atom.